The van der Waals surface area contributed by atoms with E-state index in [1.54, 1.807) is 11.3 Å². The molecule has 1 heterocycles. The first-order chi connectivity index (χ1) is 10.6. The topological polar surface area (TPSA) is 12.9 Å². The summed E-state index contributed by atoms with van der Waals surface area (Å²) in [4.78, 5) is 6.13. The van der Waals surface area contributed by atoms with E-state index in [0.717, 1.165) is 17.1 Å². The zero-order valence-electron chi connectivity index (χ0n) is 13.3. The van der Waals surface area contributed by atoms with Crippen LogP contribution in [0.2, 0.25) is 0 Å². The average molecular weight is 307 g/mol. The maximum atomic E-state index is 4.86. The van der Waals surface area contributed by atoms with Gasteiger partial charge in [0.25, 0.3) is 0 Å². The SMILES string of the molecule is Cc1sc(-c2ccccc2)nc1-c1ccc(CC(C)C)cc1. The van der Waals surface area contributed by atoms with Crippen LogP contribution in [0.15, 0.2) is 54.6 Å². The van der Waals surface area contributed by atoms with E-state index in [0.29, 0.717) is 5.92 Å². The summed E-state index contributed by atoms with van der Waals surface area (Å²) >= 11 is 1.77. The van der Waals surface area contributed by atoms with Crippen molar-refractivity contribution in [2.45, 2.75) is 27.2 Å². The molecule has 0 N–H and O–H groups in total. The lowest BCUT2D eigenvalue weighted by Gasteiger charge is -2.06. The second-order valence-corrected chi connectivity index (χ2v) is 7.29. The Morgan fingerprint density at radius 3 is 2.23 bits per heavy atom. The van der Waals surface area contributed by atoms with Gasteiger partial charge in [0, 0.05) is 16.0 Å². The van der Waals surface area contributed by atoms with E-state index in [1.807, 2.05) is 6.07 Å². The largest absolute Gasteiger partial charge is 0.236 e. The molecular weight excluding hydrogens is 286 g/mol. The lowest BCUT2D eigenvalue weighted by atomic mass is 10.0. The van der Waals surface area contributed by atoms with E-state index >= 15 is 0 Å². The minimum atomic E-state index is 0.691. The van der Waals surface area contributed by atoms with Gasteiger partial charge in [0.1, 0.15) is 5.01 Å². The fourth-order valence-electron chi connectivity index (χ4n) is 2.64. The Morgan fingerprint density at radius 1 is 0.909 bits per heavy atom. The summed E-state index contributed by atoms with van der Waals surface area (Å²) in [7, 11) is 0. The Labute approximate surface area is 136 Å². The molecule has 0 aliphatic heterocycles. The standard InChI is InChI=1S/C20H21NS/c1-14(2)13-16-9-11-17(12-10-16)19-15(3)22-20(21-19)18-7-5-4-6-8-18/h4-12,14H,13H2,1-3H3. The molecule has 0 atom stereocenters. The number of hydrogen-bond donors (Lipinski definition) is 0. The minimum Gasteiger partial charge on any atom is -0.236 e. The van der Waals surface area contributed by atoms with Crippen molar-refractivity contribution < 1.29 is 0 Å². The Kier molecular flexibility index (Phi) is 4.39. The highest BCUT2D eigenvalue weighted by molar-refractivity contribution is 7.15. The van der Waals surface area contributed by atoms with Crippen LogP contribution in [0.5, 0.6) is 0 Å². The zero-order valence-corrected chi connectivity index (χ0v) is 14.2. The molecule has 3 rings (SSSR count). The Hall–Kier alpha value is -1.93. The van der Waals surface area contributed by atoms with Crippen LogP contribution in [-0.4, -0.2) is 4.98 Å². The number of aromatic nitrogens is 1. The fraction of sp³-hybridized carbons (Fsp3) is 0.250. The fourth-order valence-corrected chi connectivity index (χ4v) is 3.58. The molecule has 0 saturated heterocycles. The highest BCUT2D eigenvalue weighted by Crippen LogP contribution is 2.33. The van der Waals surface area contributed by atoms with Crippen molar-refractivity contribution in [3.8, 4) is 21.8 Å². The summed E-state index contributed by atoms with van der Waals surface area (Å²) in [5, 5.41) is 1.10. The lowest BCUT2D eigenvalue weighted by molar-refractivity contribution is 0.647. The molecule has 0 spiro atoms. The molecule has 0 fully saturated rings. The van der Waals surface area contributed by atoms with Crippen molar-refractivity contribution >= 4 is 11.3 Å². The Bertz CT molecular complexity index is 739. The van der Waals surface area contributed by atoms with Crippen molar-refractivity contribution in [3.05, 3.63) is 65.0 Å². The normalized spacial score (nSPS) is 11.1. The highest BCUT2D eigenvalue weighted by Gasteiger charge is 2.11. The average Bonchev–Trinajstić information content (AvgIpc) is 2.90. The third-order valence-electron chi connectivity index (χ3n) is 3.69. The van der Waals surface area contributed by atoms with Crippen molar-refractivity contribution in [1.82, 2.24) is 4.98 Å². The van der Waals surface area contributed by atoms with Gasteiger partial charge in [-0.1, -0.05) is 68.4 Å². The molecular formula is C20H21NS. The number of rotatable bonds is 4. The molecule has 0 amide bonds. The molecule has 0 aliphatic carbocycles. The Morgan fingerprint density at radius 2 is 1.59 bits per heavy atom. The molecule has 1 nitrogen and oxygen atoms in total. The molecule has 112 valence electrons. The minimum absolute atomic E-state index is 0.691. The second-order valence-electron chi connectivity index (χ2n) is 6.08. The van der Waals surface area contributed by atoms with Gasteiger partial charge in [-0.15, -0.1) is 11.3 Å². The maximum absolute atomic E-state index is 4.86. The Balaban J connectivity index is 1.91. The first-order valence-electron chi connectivity index (χ1n) is 7.75. The van der Waals surface area contributed by atoms with Gasteiger partial charge in [0.15, 0.2) is 0 Å². The summed E-state index contributed by atoms with van der Waals surface area (Å²) in [5.41, 5.74) is 4.91. The summed E-state index contributed by atoms with van der Waals surface area (Å²) < 4.78 is 0. The number of benzene rings is 2. The maximum Gasteiger partial charge on any atom is 0.124 e. The highest BCUT2D eigenvalue weighted by atomic mass is 32.1. The van der Waals surface area contributed by atoms with E-state index in [9.17, 15) is 0 Å². The van der Waals surface area contributed by atoms with Crippen molar-refractivity contribution in [1.29, 1.82) is 0 Å². The van der Waals surface area contributed by atoms with Gasteiger partial charge in [0.2, 0.25) is 0 Å². The molecule has 2 aromatic carbocycles. The first kappa shape index (κ1) is 15.0. The first-order valence-corrected chi connectivity index (χ1v) is 8.57. The van der Waals surface area contributed by atoms with Crippen molar-refractivity contribution in [3.63, 3.8) is 0 Å². The number of aryl methyl sites for hydroxylation is 1. The summed E-state index contributed by atoms with van der Waals surface area (Å²) in [6.07, 6.45) is 1.13. The van der Waals surface area contributed by atoms with Gasteiger partial charge in [0.05, 0.1) is 5.69 Å². The third kappa shape index (κ3) is 3.28. The van der Waals surface area contributed by atoms with Crippen molar-refractivity contribution in [2.75, 3.05) is 0 Å². The lowest BCUT2D eigenvalue weighted by Crippen LogP contribution is -1.93. The molecule has 0 bridgehead atoms. The number of thiazole rings is 1. The van der Waals surface area contributed by atoms with Gasteiger partial charge < -0.3 is 0 Å². The van der Waals surface area contributed by atoms with Crippen LogP contribution in [-0.2, 0) is 6.42 Å². The van der Waals surface area contributed by atoms with Crippen LogP contribution in [0.25, 0.3) is 21.8 Å². The smallest absolute Gasteiger partial charge is 0.124 e. The number of nitrogens with zero attached hydrogens (tertiary/aromatic N) is 1. The molecule has 3 aromatic rings. The van der Waals surface area contributed by atoms with Gasteiger partial charge in [-0.05, 0) is 24.8 Å². The van der Waals surface area contributed by atoms with E-state index < -0.39 is 0 Å². The number of hydrogen-bond acceptors (Lipinski definition) is 2. The second kappa shape index (κ2) is 6.45. The van der Waals surface area contributed by atoms with Crippen LogP contribution in [0.3, 0.4) is 0 Å². The monoisotopic (exact) mass is 307 g/mol. The zero-order chi connectivity index (χ0) is 15.5. The summed E-state index contributed by atoms with van der Waals surface area (Å²) in [6, 6.07) is 19.3. The van der Waals surface area contributed by atoms with E-state index in [1.165, 1.54) is 21.6 Å². The van der Waals surface area contributed by atoms with Crippen LogP contribution >= 0.6 is 11.3 Å². The molecule has 22 heavy (non-hydrogen) atoms. The van der Waals surface area contributed by atoms with Gasteiger partial charge >= 0.3 is 0 Å². The van der Waals surface area contributed by atoms with Crippen LogP contribution in [0.1, 0.15) is 24.3 Å². The van der Waals surface area contributed by atoms with Gasteiger partial charge in [-0.25, -0.2) is 4.98 Å². The molecule has 0 unspecified atom stereocenters. The molecule has 1 aromatic heterocycles. The quantitative estimate of drug-likeness (QED) is 0.577. The predicted octanol–water partition coefficient (Wildman–Crippen LogP) is 5.98. The van der Waals surface area contributed by atoms with Crippen molar-refractivity contribution in [2.24, 2.45) is 5.92 Å². The van der Waals surface area contributed by atoms with Crippen LogP contribution in [0.4, 0.5) is 0 Å². The van der Waals surface area contributed by atoms with E-state index in [-0.39, 0.29) is 0 Å². The van der Waals surface area contributed by atoms with Gasteiger partial charge in [-0.2, -0.15) is 0 Å². The third-order valence-corrected chi connectivity index (χ3v) is 4.71. The molecule has 0 aliphatic rings. The summed E-state index contributed by atoms with van der Waals surface area (Å²) in [6.45, 7) is 6.66. The predicted molar refractivity (Wildman–Crippen MR) is 96.3 cm³/mol. The molecule has 0 radical (unpaired) electrons. The van der Waals surface area contributed by atoms with Crippen LogP contribution in [0, 0.1) is 12.8 Å². The summed E-state index contributed by atoms with van der Waals surface area (Å²) in [5.74, 6) is 0.691. The van der Waals surface area contributed by atoms with Crippen LogP contribution < -0.4 is 0 Å². The van der Waals surface area contributed by atoms with Gasteiger partial charge in [-0.3, -0.25) is 0 Å². The molecule has 0 saturated carbocycles. The van der Waals surface area contributed by atoms with E-state index in [2.05, 4.69) is 69.3 Å². The van der Waals surface area contributed by atoms with E-state index in [4.69, 9.17) is 4.98 Å². The molecule has 2 heteroatoms.